The molecule has 2 aromatic rings. The van der Waals surface area contributed by atoms with Crippen molar-refractivity contribution in [1.82, 2.24) is 10.6 Å². The van der Waals surface area contributed by atoms with Crippen LogP contribution in [0, 0.1) is 17.5 Å². The fourth-order valence-electron chi connectivity index (χ4n) is 2.16. The molecular weight excluding hydrogens is 458 g/mol. The molecule has 0 aliphatic heterocycles. The Morgan fingerprint density at radius 3 is 2.42 bits per heavy atom. The lowest BCUT2D eigenvalue weighted by Gasteiger charge is -2.13. The van der Waals surface area contributed by atoms with E-state index in [1.54, 1.807) is 13.1 Å². The van der Waals surface area contributed by atoms with Crippen LogP contribution in [-0.2, 0) is 6.42 Å². The first-order valence-corrected chi connectivity index (χ1v) is 7.85. The van der Waals surface area contributed by atoms with Gasteiger partial charge in [-0.25, -0.2) is 13.2 Å². The van der Waals surface area contributed by atoms with Gasteiger partial charge in [0, 0.05) is 19.7 Å². The molecule has 142 valence electrons. The van der Waals surface area contributed by atoms with Gasteiger partial charge >= 0.3 is 0 Å². The highest BCUT2D eigenvalue weighted by Crippen LogP contribution is 2.17. The molecule has 0 unspecified atom stereocenters. The molecule has 0 fully saturated rings. The lowest BCUT2D eigenvalue weighted by atomic mass is 10.1. The Labute approximate surface area is 167 Å². The Hall–Kier alpha value is -1.97. The van der Waals surface area contributed by atoms with E-state index in [1.165, 1.54) is 18.2 Å². The van der Waals surface area contributed by atoms with E-state index in [9.17, 15) is 13.2 Å². The molecule has 8 heteroatoms. The quantitative estimate of drug-likeness (QED) is 0.277. The van der Waals surface area contributed by atoms with Crippen molar-refractivity contribution in [2.45, 2.75) is 6.42 Å². The van der Waals surface area contributed by atoms with Crippen LogP contribution < -0.4 is 15.4 Å². The highest BCUT2D eigenvalue weighted by Gasteiger charge is 2.05. The van der Waals surface area contributed by atoms with Crippen LogP contribution in [0.25, 0.3) is 0 Å². The van der Waals surface area contributed by atoms with Gasteiger partial charge in [0.05, 0.1) is 6.54 Å². The second-order valence-corrected chi connectivity index (χ2v) is 5.23. The van der Waals surface area contributed by atoms with Gasteiger partial charge in [-0.2, -0.15) is 0 Å². The van der Waals surface area contributed by atoms with E-state index in [-0.39, 0.29) is 42.2 Å². The third kappa shape index (κ3) is 7.51. The summed E-state index contributed by atoms with van der Waals surface area (Å²) in [5, 5.41) is 6.10. The summed E-state index contributed by atoms with van der Waals surface area (Å²) in [5.41, 5.74) is 0.887. The Bertz CT molecular complexity index is 729. The molecule has 0 aliphatic carbocycles. The Balaban J connectivity index is 0.00000338. The monoisotopic (exact) mass is 479 g/mol. The SMILES string of the molecule is CN=C(NCCOc1ccc(F)cc1F)NCCc1cccc(F)c1.I. The summed E-state index contributed by atoms with van der Waals surface area (Å²) in [5.74, 6) is -1.09. The topological polar surface area (TPSA) is 45.7 Å². The smallest absolute Gasteiger partial charge is 0.191 e. The Morgan fingerprint density at radius 1 is 1.00 bits per heavy atom. The molecule has 0 aromatic heterocycles. The molecule has 26 heavy (non-hydrogen) atoms. The van der Waals surface area contributed by atoms with Gasteiger partial charge in [-0.05, 0) is 36.2 Å². The van der Waals surface area contributed by atoms with Gasteiger partial charge in [-0.3, -0.25) is 4.99 Å². The fourth-order valence-corrected chi connectivity index (χ4v) is 2.16. The molecule has 0 spiro atoms. The molecule has 2 N–H and O–H groups in total. The molecule has 0 heterocycles. The molecule has 4 nitrogen and oxygen atoms in total. The number of guanidine groups is 1. The minimum Gasteiger partial charge on any atom is -0.489 e. The van der Waals surface area contributed by atoms with E-state index in [0.717, 1.165) is 17.7 Å². The van der Waals surface area contributed by atoms with Crippen LogP contribution in [0.15, 0.2) is 47.5 Å². The first-order valence-electron chi connectivity index (χ1n) is 7.85. The van der Waals surface area contributed by atoms with Crippen molar-refractivity contribution in [3.63, 3.8) is 0 Å². The average Bonchev–Trinajstić information content (AvgIpc) is 2.58. The van der Waals surface area contributed by atoms with Gasteiger partial charge in [0.1, 0.15) is 18.2 Å². The van der Waals surface area contributed by atoms with Crippen LogP contribution in [0.5, 0.6) is 5.75 Å². The minimum absolute atomic E-state index is 0. The van der Waals surface area contributed by atoms with E-state index in [1.807, 2.05) is 6.07 Å². The molecule has 2 rings (SSSR count). The first kappa shape index (κ1) is 22.1. The number of hydrogen-bond donors (Lipinski definition) is 2. The molecular formula is C18H21F3IN3O. The maximum Gasteiger partial charge on any atom is 0.191 e. The molecule has 0 atom stereocenters. The van der Waals surface area contributed by atoms with Crippen LogP contribution in [0.3, 0.4) is 0 Å². The van der Waals surface area contributed by atoms with Crippen LogP contribution in [0.4, 0.5) is 13.2 Å². The van der Waals surface area contributed by atoms with Gasteiger partial charge in [0.2, 0.25) is 0 Å². The molecule has 0 radical (unpaired) electrons. The van der Waals surface area contributed by atoms with Crippen LogP contribution in [0.1, 0.15) is 5.56 Å². The molecule has 0 aliphatic rings. The third-order valence-corrected chi connectivity index (χ3v) is 3.36. The molecule has 0 saturated carbocycles. The second-order valence-electron chi connectivity index (χ2n) is 5.23. The number of nitrogens with zero attached hydrogens (tertiary/aromatic N) is 1. The minimum atomic E-state index is -0.738. The van der Waals surface area contributed by atoms with Gasteiger partial charge in [0.15, 0.2) is 17.5 Å². The van der Waals surface area contributed by atoms with Crippen molar-refractivity contribution < 1.29 is 17.9 Å². The summed E-state index contributed by atoms with van der Waals surface area (Å²) >= 11 is 0. The fraction of sp³-hybridized carbons (Fsp3) is 0.278. The Morgan fingerprint density at radius 2 is 1.73 bits per heavy atom. The van der Waals surface area contributed by atoms with Crippen molar-refractivity contribution in [1.29, 1.82) is 0 Å². The maximum absolute atomic E-state index is 13.4. The zero-order valence-corrected chi connectivity index (χ0v) is 16.6. The van der Waals surface area contributed by atoms with Crippen molar-refractivity contribution in [2.75, 3.05) is 26.7 Å². The normalized spacial score (nSPS) is 10.8. The number of ether oxygens (including phenoxy) is 1. The molecule has 0 amide bonds. The summed E-state index contributed by atoms with van der Waals surface area (Å²) in [6, 6.07) is 9.57. The van der Waals surface area contributed by atoms with E-state index in [2.05, 4.69) is 15.6 Å². The predicted octanol–water partition coefficient (Wildman–Crippen LogP) is 3.51. The maximum atomic E-state index is 13.4. The zero-order chi connectivity index (χ0) is 18.1. The lowest BCUT2D eigenvalue weighted by Crippen LogP contribution is -2.40. The number of aliphatic imine (C=N–C) groups is 1. The van der Waals surface area contributed by atoms with Gasteiger partial charge in [-0.15, -0.1) is 24.0 Å². The van der Waals surface area contributed by atoms with E-state index in [4.69, 9.17) is 4.74 Å². The Kier molecular flexibility index (Phi) is 9.85. The predicted molar refractivity (Wildman–Crippen MR) is 107 cm³/mol. The summed E-state index contributed by atoms with van der Waals surface area (Å²) in [6.45, 7) is 1.15. The second kappa shape index (κ2) is 11.6. The highest BCUT2D eigenvalue weighted by molar-refractivity contribution is 14.0. The van der Waals surface area contributed by atoms with Gasteiger partial charge < -0.3 is 15.4 Å². The summed E-state index contributed by atoms with van der Waals surface area (Å²) in [6.07, 6.45) is 0.649. The highest BCUT2D eigenvalue weighted by atomic mass is 127. The van der Waals surface area contributed by atoms with Crippen molar-refractivity contribution in [3.8, 4) is 5.75 Å². The first-order chi connectivity index (χ1) is 12.1. The van der Waals surface area contributed by atoms with Crippen molar-refractivity contribution in [2.24, 2.45) is 4.99 Å². The molecule has 2 aromatic carbocycles. The molecule has 0 bridgehead atoms. The number of benzene rings is 2. The third-order valence-electron chi connectivity index (χ3n) is 3.36. The number of rotatable bonds is 7. The standard InChI is InChI=1S/C18H20F3N3O.HI/c1-22-18(23-8-7-13-3-2-4-14(19)11-13)24-9-10-25-17-6-5-15(20)12-16(17)21;/h2-6,11-12H,7-10H2,1H3,(H2,22,23,24);1H. The van der Waals surface area contributed by atoms with Crippen LogP contribution in [0.2, 0.25) is 0 Å². The summed E-state index contributed by atoms with van der Waals surface area (Å²) in [7, 11) is 1.62. The largest absolute Gasteiger partial charge is 0.489 e. The summed E-state index contributed by atoms with van der Waals surface area (Å²) < 4.78 is 44.6. The van der Waals surface area contributed by atoms with Crippen molar-refractivity contribution in [3.05, 3.63) is 65.5 Å². The van der Waals surface area contributed by atoms with Crippen LogP contribution >= 0.6 is 24.0 Å². The van der Waals surface area contributed by atoms with Gasteiger partial charge in [0.25, 0.3) is 0 Å². The lowest BCUT2D eigenvalue weighted by molar-refractivity contribution is 0.304. The van der Waals surface area contributed by atoms with Crippen molar-refractivity contribution >= 4 is 29.9 Å². The van der Waals surface area contributed by atoms with Gasteiger partial charge in [-0.1, -0.05) is 12.1 Å². The average molecular weight is 479 g/mol. The van der Waals surface area contributed by atoms with E-state index < -0.39 is 11.6 Å². The molecule has 0 saturated heterocycles. The summed E-state index contributed by atoms with van der Waals surface area (Å²) in [4.78, 5) is 4.05. The van der Waals surface area contributed by atoms with Crippen LogP contribution in [-0.4, -0.2) is 32.7 Å². The number of halogens is 4. The zero-order valence-electron chi connectivity index (χ0n) is 14.3. The van der Waals surface area contributed by atoms with E-state index in [0.29, 0.717) is 25.5 Å². The number of hydrogen-bond acceptors (Lipinski definition) is 2. The number of nitrogens with one attached hydrogen (secondary N) is 2. The van der Waals surface area contributed by atoms with E-state index >= 15 is 0 Å².